The molecule has 132 valence electrons. The molecular formula is C19H29N3O2. The Balaban J connectivity index is 1.71. The largest absolute Gasteiger partial charge is 0.368 e. The van der Waals surface area contributed by atoms with Gasteiger partial charge in [0.05, 0.1) is 6.61 Å². The van der Waals surface area contributed by atoms with Crippen LogP contribution in [-0.4, -0.2) is 63.3 Å². The van der Waals surface area contributed by atoms with Gasteiger partial charge in [0.15, 0.2) is 0 Å². The van der Waals surface area contributed by atoms with Crippen molar-refractivity contribution in [1.29, 1.82) is 0 Å². The summed E-state index contributed by atoms with van der Waals surface area (Å²) in [5.41, 5.74) is 2.58. The molecular weight excluding hydrogens is 302 g/mol. The van der Waals surface area contributed by atoms with Crippen LogP contribution in [0.1, 0.15) is 25.8 Å². The van der Waals surface area contributed by atoms with Crippen molar-refractivity contribution < 1.29 is 9.53 Å². The van der Waals surface area contributed by atoms with Crippen molar-refractivity contribution in [3.05, 3.63) is 29.8 Å². The first-order valence-corrected chi connectivity index (χ1v) is 8.83. The summed E-state index contributed by atoms with van der Waals surface area (Å²) in [5, 5.41) is 3.00. The van der Waals surface area contributed by atoms with Gasteiger partial charge < -0.3 is 19.9 Å². The minimum atomic E-state index is -0.340. The van der Waals surface area contributed by atoms with Gasteiger partial charge in [-0.3, -0.25) is 4.79 Å². The lowest BCUT2D eigenvalue weighted by Gasteiger charge is -2.27. The predicted molar refractivity (Wildman–Crippen MR) is 96.5 cm³/mol. The molecule has 3 rings (SSSR count). The summed E-state index contributed by atoms with van der Waals surface area (Å²) in [7, 11) is 4.01. The summed E-state index contributed by atoms with van der Waals surface area (Å²) in [4.78, 5) is 16.9. The lowest BCUT2D eigenvalue weighted by Crippen LogP contribution is -2.40. The molecule has 2 aliphatic heterocycles. The van der Waals surface area contributed by atoms with Gasteiger partial charge in [-0.15, -0.1) is 0 Å². The first-order chi connectivity index (χ1) is 11.4. The van der Waals surface area contributed by atoms with E-state index in [4.69, 9.17) is 4.74 Å². The Morgan fingerprint density at radius 3 is 2.88 bits per heavy atom. The van der Waals surface area contributed by atoms with E-state index in [0.29, 0.717) is 19.2 Å². The van der Waals surface area contributed by atoms with Gasteiger partial charge in [-0.05, 0) is 46.0 Å². The second-order valence-electron chi connectivity index (χ2n) is 7.62. The SMILES string of the molecule is CC(C)N1C[C@]2(CO[C@H](C(=O)NCCN(C)C)C2)c2ccccc21. The molecule has 1 aromatic rings. The molecule has 0 saturated carbocycles. The van der Waals surface area contributed by atoms with Gasteiger partial charge in [-0.25, -0.2) is 0 Å². The highest BCUT2D eigenvalue weighted by molar-refractivity contribution is 5.81. The van der Waals surface area contributed by atoms with E-state index in [1.54, 1.807) is 0 Å². The third-order valence-corrected chi connectivity index (χ3v) is 5.17. The molecule has 2 aliphatic rings. The maximum absolute atomic E-state index is 12.4. The standard InChI is InChI=1S/C19H29N3O2/c1-14(2)22-12-19(15-7-5-6-8-16(15)22)11-17(24-13-19)18(23)20-9-10-21(3)4/h5-8,14,17H,9-13H2,1-4H3,(H,20,23)/t17-,19+/m0/s1. The fourth-order valence-corrected chi connectivity index (χ4v) is 3.85. The van der Waals surface area contributed by atoms with Crippen LogP contribution >= 0.6 is 0 Å². The average molecular weight is 331 g/mol. The predicted octanol–water partition coefficient (Wildman–Crippen LogP) is 1.62. The van der Waals surface area contributed by atoms with Crippen LogP contribution in [0.2, 0.25) is 0 Å². The van der Waals surface area contributed by atoms with Crippen molar-refractivity contribution in [2.75, 3.05) is 45.2 Å². The Hall–Kier alpha value is -1.59. The van der Waals surface area contributed by atoms with E-state index in [2.05, 4.69) is 53.2 Å². The number of nitrogens with zero attached hydrogens (tertiary/aromatic N) is 2. The van der Waals surface area contributed by atoms with Crippen molar-refractivity contribution in [3.63, 3.8) is 0 Å². The Bertz CT molecular complexity index is 602. The number of amides is 1. The molecule has 0 radical (unpaired) electrons. The number of fused-ring (bicyclic) bond motifs is 2. The topological polar surface area (TPSA) is 44.8 Å². The lowest BCUT2D eigenvalue weighted by atomic mass is 9.80. The number of rotatable bonds is 5. The molecule has 1 N–H and O–H groups in total. The van der Waals surface area contributed by atoms with E-state index in [9.17, 15) is 4.79 Å². The van der Waals surface area contributed by atoms with Crippen LogP contribution in [0.4, 0.5) is 5.69 Å². The number of para-hydroxylation sites is 1. The quantitative estimate of drug-likeness (QED) is 0.890. The minimum Gasteiger partial charge on any atom is -0.368 e. The number of hydrogen-bond acceptors (Lipinski definition) is 4. The number of nitrogens with one attached hydrogen (secondary N) is 1. The number of hydrogen-bond donors (Lipinski definition) is 1. The molecule has 1 spiro atoms. The van der Waals surface area contributed by atoms with Crippen LogP contribution in [0.3, 0.4) is 0 Å². The summed E-state index contributed by atoms with van der Waals surface area (Å²) in [6, 6.07) is 9.02. The molecule has 0 aromatic heterocycles. The molecule has 1 aromatic carbocycles. The molecule has 1 amide bonds. The number of anilines is 1. The molecule has 1 saturated heterocycles. The van der Waals surface area contributed by atoms with Gasteiger partial charge in [0.2, 0.25) is 5.91 Å². The monoisotopic (exact) mass is 331 g/mol. The first kappa shape index (κ1) is 17.2. The van der Waals surface area contributed by atoms with E-state index < -0.39 is 0 Å². The fraction of sp³-hybridized carbons (Fsp3) is 0.632. The molecule has 2 atom stereocenters. The average Bonchev–Trinajstić information content (AvgIpc) is 3.11. The van der Waals surface area contributed by atoms with Gasteiger partial charge >= 0.3 is 0 Å². The lowest BCUT2D eigenvalue weighted by molar-refractivity contribution is -0.130. The number of carbonyl (C=O) groups is 1. The Labute approximate surface area is 145 Å². The van der Waals surface area contributed by atoms with E-state index >= 15 is 0 Å². The number of carbonyl (C=O) groups excluding carboxylic acids is 1. The fourth-order valence-electron chi connectivity index (χ4n) is 3.85. The van der Waals surface area contributed by atoms with Gasteiger partial charge in [-0.2, -0.15) is 0 Å². The van der Waals surface area contributed by atoms with Crippen molar-refractivity contribution >= 4 is 11.6 Å². The molecule has 0 bridgehead atoms. The van der Waals surface area contributed by atoms with Crippen LogP contribution in [0.15, 0.2) is 24.3 Å². The van der Waals surface area contributed by atoms with Crippen molar-refractivity contribution in [2.24, 2.45) is 0 Å². The molecule has 24 heavy (non-hydrogen) atoms. The first-order valence-electron chi connectivity index (χ1n) is 8.83. The molecule has 1 fully saturated rings. The van der Waals surface area contributed by atoms with E-state index in [1.165, 1.54) is 11.3 Å². The van der Waals surface area contributed by atoms with Crippen LogP contribution < -0.4 is 10.2 Å². The van der Waals surface area contributed by atoms with Crippen molar-refractivity contribution in [1.82, 2.24) is 10.2 Å². The smallest absolute Gasteiger partial charge is 0.249 e. The number of benzene rings is 1. The summed E-state index contributed by atoms with van der Waals surface area (Å²) in [6.07, 6.45) is 0.424. The zero-order valence-electron chi connectivity index (χ0n) is 15.2. The summed E-state index contributed by atoms with van der Waals surface area (Å²) >= 11 is 0. The molecule has 2 heterocycles. The van der Waals surface area contributed by atoms with E-state index in [0.717, 1.165) is 19.5 Å². The minimum absolute atomic E-state index is 0.0224. The van der Waals surface area contributed by atoms with E-state index in [-0.39, 0.29) is 17.4 Å². The zero-order valence-corrected chi connectivity index (χ0v) is 15.2. The third-order valence-electron chi connectivity index (χ3n) is 5.17. The molecule has 0 aliphatic carbocycles. The normalized spacial score (nSPS) is 25.8. The van der Waals surface area contributed by atoms with Crippen molar-refractivity contribution in [3.8, 4) is 0 Å². The number of ether oxygens (including phenoxy) is 1. The van der Waals surface area contributed by atoms with Crippen molar-refractivity contribution in [2.45, 2.75) is 37.8 Å². The van der Waals surface area contributed by atoms with E-state index in [1.807, 2.05) is 14.1 Å². The van der Waals surface area contributed by atoms with Crippen LogP contribution in [0, 0.1) is 0 Å². The van der Waals surface area contributed by atoms with Gasteiger partial charge in [0.25, 0.3) is 0 Å². The van der Waals surface area contributed by atoms with Gasteiger partial charge in [0.1, 0.15) is 6.10 Å². The highest BCUT2D eigenvalue weighted by Gasteiger charge is 2.50. The summed E-state index contributed by atoms with van der Waals surface area (Å²) in [6.45, 7) is 7.50. The second kappa shape index (κ2) is 6.73. The summed E-state index contributed by atoms with van der Waals surface area (Å²) < 4.78 is 5.94. The molecule has 5 nitrogen and oxygen atoms in total. The van der Waals surface area contributed by atoms with Gasteiger partial charge in [-0.1, -0.05) is 18.2 Å². The zero-order chi connectivity index (χ0) is 17.3. The van der Waals surface area contributed by atoms with Gasteiger partial charge in [0, 0.05) is 36.8 Å². The highest BCUT2D eigenvalue weighted by Crippen LogP contribution is 2.47. The Morgan fingerprint density at radius 1 is 1.42 bits per heavy atom. The Morgan fingerprint density at radius 2 is 2.17 bits per heavy atom. The van der Waals surface area contributed by atoms with Crippen LogP contribution in [0.5, 0.6) is 0 Å². The van der Waals surface area contributed by atoms with Crippen LogP contribution in [-0.2, 0) is 14.9 Å². The third kappa shape index (κ3) is 3.15. The summed E-state index contributed by atoms with van der Waals surface area (Å²) in [5.74, 6) is 0.0224. The maximum atomic E-state index is 12.4. The van der Waals surface area contributed by atoms with Crippen LogP contribution in [0.25, 0.3) is 0 Å². The Kier molecular flexibility index (Phi) is 4.83. The maximum Gasteiger partial charge on any atom is 0.249 e. The highest BCUT2D eigenvalue weighted by atomic mass is 16.5. The number of likely N-dealkylation sites (N-methyl/N-ethyl adjacent to an activating group) is 1. The molecule has 0 unspecified atom stereocenters. The molecule has 5 heteroatoms. The second-order valence-corrected chi connectivity index (χ2v) is 7.62.